The standard InChI is InChI=1S/C48H21F18N3/c49-43(50,51)22-1-7-37-31(13-22)32-14-23(44(52,53)54)2-8-38(32)67(37)28-19-29(68-39-9-3-24(45(55,56)57)15-33(39)34-16-25(46(58,59)60)4-10-40(34)68)21-30(20-28)69-41-11-5-26(47(61,62)63)17-35(41)36-18-27(48(64,65)66)6-12-42(36)69/h1-21H. The summed E-state index contributed by atoms with van der Waals surface area (Å²) < 4.78 is 259. The van der Waals surface area contributed by atoms with Gasteiger partial charge in [-0.3, -0.25) is 0 Å². The van der Waals surface area contributed by atoms with Crippen molar-refractivity contribution in [3.05, 3.63) is 161 Å². The van der Waals surface area contributed by atoms with Gasteiger partial charge in [-0.05, 0) is 127 Å². The van der Waals surface area contributed by atoms with Crippen LogP contribution in [0, 0.1) is 0 Å². The van der Waals surface area contributed by atoms with E-state index in [0.29, 0.717) is 72.8 Å². The Morgan fingerprint density at radius 3 is 0.478 bits per heavy atom. The molecule has 0 fully saturated rings. The monoisotopic (exact) mass is 981 g/mol. The highest BCUT2D eigenvalue weighted by Crippen LogP contribution is 2.45. The quantitative estimate of drug-likeness (QED) is 0.157. The molecule has 0 N–H and O–H groups in total. The Morgan fingerprint density at radius 1 is 0.203 bits per heavy atom. The van der Waals surface area contributed by atoms with Crippen LogP contribution in [0.3, 0.4) is 0 Å². The summed E-state index contributed by atoms with van der Waals surface area (Å²) in [5, 5.41) is -2.14. The highest BCUT2D eigenvalue weighted by Gasteiger charge is 2.37. The molecule has 0 radical (unpaired) electrons. The van der Waals surface area contributed by atoms with Crippen LogP contribution in [0.25, 0.3) is 82.5 Å². The number of nitrogens with zero attached hydrogens (tertiary/aromatic N) is 3. The van der Waals surface area contributed by atoms with E-state index in [-0.39, 0.29) is 82.5 Å². The van der Waals surface area contributed by atoms with Crippen molar-refractivity contribution in [1.82, 2.24) is 13.7 Å². The summed E-state index contributed by atoms with van der Waals surface area (Å²) >= 11 is 0. The summed E-state index contributed by atoms with van der Waals surface area (Å²) in [4.78, 5) is 0. The lowest BCUT2D eigenvalue weighted by molar-refractivity contribution is -0.138. The van der Waals surface area contributed by atoms with E-state index in [0.717, 1.165) is 36.4 Å². The third kappa shape index (κ3) is 7.52. The molecule has 0 amide bonds. The Kier molecular flexibility index (Phi) is 9.62. The normalized spacial score (nSPS) is 13.7. The molecule has 7 aromatic carbocycles. The highest BCUT2D eigenvalue weighted by molar-refractivity contribution is 6.12. The van der Waals surface area contributed by atoms with Gasteiger partial charge in [-0.15, -0.1) is 0 Å². The van der Waals surface area contributed by atoms with Crippen molar-refractivity contribution >= 4 is 65.4 Å². The van der Waals surface area contributed by atoms with Gasteiger partial charge in [0.25, 0.3) is 0 Å². The summed E-state index contributed by atoms with van der Waals surface area (Å²) in [5.41, 5.74) is -8.93. The molecule has 0 saturated carbocycles. The van der Waals surface area contributed by atoms with Gasteiger partial charge < -0.3 is 13.7 Å². The van der Waals surface area contributed by atoms with Gasteiger partial charge in [0, 0.05) is 32.3 Å². The molecule has 10 aromatic rings. The van der Waals surface area contributed by atoms with Crippen molar-refractivity contribution in [2.24, 2.45) is 0 Å². The molecule has 0 spiro atoms. The number of hydrogen-bond acceptors (Lipinski definition) is 0. The molecule has 10 rings (SSSR count). The zero-order chi connectivity index (χ0) is 49.7. The lowest BCUT2D eigenvalue weighted by Crippen LogP contribution is -2.06. The molecule has 354 valence electrons. The third-order valence-electron chi connectivity index (χ3n) is 11.9. The van der Waals surface area contributed by atoms with E-state index >= 15 is 0 Å². The molecule has 0 aliphatic rings. The predicted octanol–water partition coefficient (Wildman–Crippen LogP) is 17.1. The van der Waals surface area contributed by atoms with Gasteiger partial charge >= 0.3 is 37.1 Å². The molecule has 0 saturated heterocycles. The maximum absolute atomic E-state index is 14.2. The van der Waals surface area contributed by atoms with Gasteiger partial charge in [-0.1, -0.05) is 0 Å². The summed E-state index contributed by atoms with van der Waals surface area (Å²) in [6.45, 7) is 0. The molecule has 0 unspecified atom stereocenters. The molecule has 0 aliphatic carbocycles. The summed E-state index contributed by atoms with van der Waals surface area (Å²) in [6.07, 6.45) is -30.0. The van der Waals surface area contributed by atoms with Crippen molar-refractivity contribution in [2.75, 3.05) is 0 Å². The summed E-state index contributed by atoms with van der Waals surface area (Å²) in [7, 11) is 0. The SMILES string of the molecule is FC(F)(F)c1ccc2c(c1)c1cc(C(F)(F)F)ccc1n2-c1cc(-n2c3ccc(C(F)(F)F)cc3c3cc(C(F)(F)F)ccc32)cc(-n2c3ccc(C(F)(F)F)cc3c3cc(C(F)(F)F)ccc32)c1. The molecule has 3 nitrogen and oxygen atoms in total. The van der Waals surface area contributed by atoms with E-state index < -0.39 is 70.4 Å². The topological polar surface area (TPSA) is 14.8 Å². The minimum absolute atomic E-state index is 0.148. The Hall–Kier alpha value is -7.32. The van der Waals surface area contributed by atoms with Crippen molar-refractivity contribution < 1.29 is 79.0 Å². The lowest BCUT2D eigenvalue weighted by atomic mass is 10.1. The fourth-order valence-electron chi connectivity index (χ4n) is 8.93. The van der Waals surface area contributed by atoms with Gasteiger partial charge in [0.15, 0.2) is 0 Å². The van der Waals surface area contributed by atoms with Crippen LogP contribution in [0.2, 0.25) is 0 Å². The van der Waals surface area contributed by atoms with Crippen LogP contribution in [0.5, 0.6) is 0 Å². The van der Waals surface area contributed by atoms with E-state index in [1.54, 1.807) is 0 Å². The molecule has 0 aliphatic heterocycles. The Bertz CT molecular complexity index is 3140. The van der Waals surface area contributed by atoms with Crippen molar-refractivity contribution in [3.8, 4) is 17.1 Å². The molecular formula is C48H21F18N3. The highest BCUT2D eigenvalue weighted by atomic mass is 19.4. The smallest absolute Gasteiger partial charge is 0.309 e. The van der Waals surface area contributed by atoms with Gasteiger partial charge in [-0.2, -0.15) is 79.0 Å². The van der Waals surface area contributed by atoms with E-state index in [1.807, 2.05) is 0 Å². The van der Waals surface area contributed by atoms with Crippen LogP contribution in [-0.2, 0) is 37.1 Å². The van der Waals surface area contributed by atoms with Crippen LogP contribution in [-0.4, -0.2) is 13.7 Å². The largest absolute Gasteiger partial charge is 0.416 e. The first kappa shape index (κ1) is 45.5. The average Bonchev–Trinajstić information content (AvgIpc) is 3.88. The van der Waals surface area contributed by atoms with Gasteiger partial charge in [0.1, 0.15) is 0 Å². The van der Waals surface area contributed by atoms with Crippen molar-refractivity contribution in [3.63, 3.8) is 0 Å². The first-order chi connectivity index (χ1) is 32.0. The second-order valence-corrected chi connectivity index (χ2v) is 16.1. The number of alkyl halides is 18. The fraction of sp³-hybridized carbons (Fsp3) is 0.125. The minimum Gasteiger partial charge on any atom is -0.309 e. The minimum atomic E-state index is -5.00. The number of benzene rings is 7. The Balaban J connectivity index is 1.37. The van der Waals surface area contributed by atoms with Crippen LogP contribution in [0.1, 0.15) is 33.4 Å². The van der Waals surface area contributed by atoms with E-state index in [1.165, 1.54) is 31.9 Å². The van der Waals surface area contributed by atoms with Gasteiger partial charge in [0.2, 0.25) is 0 Å². The molecule has 0 atom stereocenters. The number of hydrogen-bond donors (Lipinski definition) is 0. The first-order valence-electron chi connectivity index (χ1n) is 19.8. The number of aromatic nitrogens is 3. The molecule has 3 aromatic heterocycles. The molecule has 3 heterocycles. The van der Waals surface area contributed by atoms with Gasteiger partial charge in [0.05, 0.1) is 83.5 Å². The molecule has 21 heteroatoms. The second-order valence-electron chi connectivity index (χ2n) is 16.1. The van der Waals surface area contributed by atoms with Crippen molar-refractivity contribution in [2.45, 2.75) is 37.1 Å². The van der Waals surface area contributed by atoms with Gasteiger partial charge in [-0.25, -0.2) is 0 Å². The lowest BCUT2D eigenvalue weighted by Gasteiger charge is -2.18. The zero-order valence-electron chi connectivity index (χ0n) is 33.8. The van der Waals surface area contributed by atoms with Crippen LogP contribution in [0.15, 0.2) is 127 Å². The van der Waals surface area contributed by atoms with E-state index in [4.69, 9.17) is 0 Å². The fourth-order valence-corrected chi connectivity index (χ4v) is 8.93. The maximum atomic E-state index is 14.2. The average molecular weight is 982 g/mol. The second kappa shape index (κ2) is 14.6. The zero-order valence-corrected chi connectivity index (χ0v) is 33.8. The van der Waals surface area contributed by atoms with Crippen molar-refractivity contribution in [1.29, 1.82) is 0 Å². The van der Waals surface area contributed by atoms with E-state index in [2.05, 4.69) is 0 Å². The molecule has 0 bridgehead atoms. The maximum Gasteiger partial charge on any atom is 0.416 e. The first-order valence-corrected chi connectivity index (χ1v) is 19.8. The number of fused-ring (bicyclic) bond motifs is 9. The molecule has 69 heavy (non-hydrogen) atoms. The Labute approximate surface area is 372 Å². The third-order valence-corrected chi connectivity index (χ3v) is 11.9. The predicted molar refractivity (Wildman–Crippen MR) is 219 cm³/mol. The van der Waals surface area contributed by atoms with E-state index in [9.17, 15) is 79.0 Å². The van der Waals surface area contributed by atoms with Crippen LogP contribution in [0.4, 0.5) is 79.0 Å². The summed E-state index contributed by atoms with van der Waals surface area (Å²) in [6, 6.07) is 17.0. The number of halogens is 18. The van der Waals surface area contributed by atoms with Crippen LogP contribution < -0.4 is 0 Å². The summed E-state index contributed by atoms with van der Waals surface area (Å²) in [5.74, 6) is 0. The molecular weight excluding hydrogens is 961 g/mol. The Morgan fingerprint density at radius 2 is 0.348 bits per heavy atom. The number of rotatable bonds is 3. The van der Waals surface area contributed by atoms with Crippen LogP contribution >= 0.6 is 0 Å².